The first-order chi connectivity index (χ1) is 12.8. The second-order valence-electron chi connectivity index (χ2n) is 7.39. The first kappa shape index (κ1) is 19.9. The number of halogens is 1. The number of aromatic nitrogens is 2. The molecule has 2 heterocycles. The van der Waals surface area contributed by atoms with Gasteiger partial charge in [-0.05, 0) is 37.8 Å². The number of nitrogens with one attached hydrogen (secondary N) is 1. The highest BCUT2D eigenvalue weighted by molar-refractivity contribution is 5.85. The summed E-state index contributed by atoms with van der Waals surface area (Å²) in [5.74, 6) is 1.85. The molecule has 0 unspecified atom stereocenters. The molecule has 1 N–H and O–H groups in total. The van der Waals surface area contributed by atoms with E-state index in [4.69, 9.17) is 9.72 Å². The Morgan fingerprint density at radius 1 is 1.07 bits per heavy atom. The van der Waals surface area contributed by atoms with Gasteiger partial charge in [0.05, 0.1) is 12.8 Å². The van der Waals surface area contributed by atoms with E-state index in [9.17, 15) is 0 Å². The smallest absolute Gasteiger partial charge is 0.225 e. The molecule has 0 spiro atoms. The van der Waals surface area contributed by atoms with E-state index in [0.717, 1.165) is 49.9 Å². The Labute approximate surface area is 168 Å². The van der Waals surface area contributed by atoms with Crippen LogP contribution in [0.2, 0.25) is 0 Å². The number of para-hydroxylation sites is 1. The number of anilines is 1. The Hall–Kier alpha value is -1.85. The maximum Gasteiger partial charge on any atom is 0.225 e. The highest BCUT2D eigenvalue weighted by Crippen LogP contribution is 2.42. The van der Waals surface area contributed by atoms with E-state index in [1.165, 1.54) is 31.2 Å². The van der Waals surface area contributed by atoms with Crippen molar-refractivity contribution in [1.29, 1.82) is 0 Å². The van der Waals surface area contributed by atoms with Crippen molar-refractivity contribution in [3.63, 3.8) is 0 Å². The normalized spacial score (nSPS) is 18.3. The zero-order valence-electron chi connectivity index (χ0n) is 16.0. The summed E-state index contributed by atoms with van der Waals surface area (Å²) in [6, 6.07) is 10.4. The standard InChI is InChI=1S/C21H28N4O.ClH/c1-26-19-9-3-2-8-18(19)21(11-4-5-12-21)23-16-17-10-13-22-20(24-17)25-14-6-7-15-25;/h2-3,8-10,13,23H,4-7,11-12,14-16H2,1H3;1H. The Kier molecular flexibility index (Phi) is 6.55. The van der Waals surface area contributed by atoms with Gasteiger partial charge in [0.25, 0.3) is 0 Å². The molecule has 0 amide bonds. The van der Waals surface area contributed by atoms with Crippen LogP contribution in [0.25, 0.3) is 0 Å². The molecular formula is C21H29ClN4O. The number of methoxy groups -OCH3 is 1. The Morgan fingerprint density at radius 3 is 2.56 bits per heavy atom. The fraction of sp³-hybridized carbons (Fsp3) is 0.524. The van der Waals surface area contributed by atoms with Crippen molar-refractivity contribution in [2.24, 2.45) is 0 Å². The minimum absolute atomic E-state index is 0. The molecule has 2 aliphatic rings. The molecule has 6 heteroatoms. The molecule has 5 nitrogen and oxygen atoms in total. The molecule has 1 aliphatic heterocycles. The van der Waals surface area contributed by atoms with Gasteiger partial charge in [-0.15, -0.1) is 12.4 Å². The molecule has 2 aromatic rings. The minimum Gasteiger partial charge on any atom is -0.496 e. The number of benzene rings is 1. The summed E-state index contributed by atoms with van der Waals surface area (Å²) < 4.78 is 5.65. The number of nitrogens with zero attached hydrogens (tertiary/aromatic N) is 3. The van der Waals surface area contributed by atoms with Gasteiger partial charge in [-0.1, -0.05) is 31.0 Å². The zero-order chi connectivity index (χ0) is 17.8. The van der Waals surface area contributed by atoms with Crippen LogP contribution < -0.4 is 15.0 Å². The molecule has 27 heavy (non-hydrogen) atoms. The van der Waals surface area contributed by atoms with Crippen molar-refractivity contribution in [3.05, 3.63) is 47.8 Å². The van der Waals surface area contributed by atoms with Gasteiger partial charge in [0.2, 0.25) is 5.95 Å². The molecule has 146 valence electrons. The van der Waals surface area contributed by atoms with Crippen molar-refractivity contribution in [2.75, 3.05) is 25.1 Å². The Balaban J connectivity index is 0.00000210. The summed E-state index contributed by atoms with van der Waals surface area (Å²) in [6.45, 7) is 2.89. The first-order valence-corrected chi connectivity index (χ1v) is 9.76. The molecule has 2 fully saturated rings. The minimum atomic E-state index is -0.0225. The molecular weight excluding hydrogens is 360 g/mol. The van der Waals surface area contributed by atoms with Gasteiger partial charge in [-0.25, -0.2) is 9.97 Å². The van der Waals surface area contributed by atoms with Gasteiger partial charge in [0.15, 0.2) is 0 Å². The van der Waals surface area contributed by atoms with E-state index in [1.54, 1.807) is 7.11 Å². The van der Waals surface area contributed by atoms with Crippen LogP contribution in [0.15, 0.2) is 36.5 Å². The maximum absolute atomic E-state index is 5.65. The lowest BCUT2D eigenvalue weighted by Crippen LogP contribution is -2.40. The van der Waals surface area contributed by atoms with Gasteiger partial charge in [0, 0.05) is 36.9 Å². The van der Waals surface area contributed by atoms with Crippen LogP contribution in [0.4, 0.5) is 5.95 Å². The Bertz CT molecular complexity index is 742. The number of hydrogen-bond acceptors (Lipinski definition) is 5. The molecule has 0 bridgehead atoms. The van der Waals surface area contributed by atoms with Gasteiger partial charge in [0.1, 0.15) is 5.75 Å². The molecule has 4 rings (SSSR count). The van der Waals surface area contributed by atoms with E-state index in [-0.39, 0.29) is 17.9 Å². The van der Waals surface area contributed by atoms with E-state index in [2.05, 4.69) is 33.4 Å². The van der Waals surface area contributed by atoms with E-state index >= 15 is 0 Å². The van der Waals surface area contributed by atoms with Crippen LogP contribution in [0.3, 0.4) is 0 Å². The van der Waals surface area contributed by atoms with E-state index in [1.807, 2.05) is 18.3 Å². The number of hydrogen-bond donors (Lipinski definition) is 1. The highest BCUT2D eigenvalue weighted by atomic mass is 35.5. The number of rotatable bonds is 6. The van der Waals surface area contributed by atoms with E-state index in [0.29, 0.717) is 0 Å². The Morgan fingerprint density at radius 2 is 1.81 bits per heavy atom. The summed E-state index contributed by atoms with van der Waals surface area (Å²) >= 11 is 0. The summed E-state index contributed by atoms with van der Waals surface area (Å²) in [7, 11) is 1.76. The van der Waals surface area contributed by atoms with E-state index < -0.39 is 0 Å². The highest BCUT2D eigenvalue weighted by Gasteiger charge is 2.37. The van der Waals surface area contributed by atoms with Crippen LogP contribution in [-0.4, -0.2) is 30.2 Å². The van der Waals surface area contributed by atoms with Gasteiger partial charge < -0.3 is 15.0 Å². The zero-order valence-corrected chi connectivity index (χ0v) is 16.8. The molecule has 1 saturated carbocycles. The molecule has 0 radical (unpaired) electrons. The maximum atomic E-state index is 5.65. The molecule has 0 atom stereocenters. The fourth-order valence-electron chi connectivity index (χ4n) is 4.37. The predicted molar refractivity (Wildman–Crippen MR) is 111 cm³/mol. The van der Waals surface area contributed by atoms with Crippen molar-refractivity contribution >= 4 is 18.4 Å². The molecule has 1 aromatic heterocycles. The molecule has 1 saturated heterocycles. The predicted octanol–water partition coefficient (Wildman–Crippen LogP) is 4.07. The average Bonchev–Trinajstić information content (AvgIpc) is 3.39. The SMILES string of the molecule is COc1ccccc1C1(NCc2ccnc(N3CCCC3)n2)CCCC1.Cl. The largest absolute Gasteiger partial charge is 0.496 e. The van der Waals surface area contributed by atoms with Gasteiger partial charge >= 0.3 is 0 Å². The third-order valence-corrected chi connectivity index (χ3v) is 5.78. The van der Waals surface area contributed by atoms with Crippen LogP contribution in [0.5, 0.6) is 5.75 Å². The quantitative estimate of drug-likeness (QED) is 0.808. The second kappa shape index (κ2) is 8.89. The third-order valence-electron chi connectivity index (χ3n) is 5.78. The van der Waals surface area contributed by atoms with Crippen molar-refractivity contribution < 1.29 is 4.74 Å². The summed E-state index contributed by atoms with van der Waals surface area (Å²) in [6.07, 6.45) is 9.13. The van der Waals surface area contributed by atoms with Gasteiger partial charge in [-0.3, -0.25) is 0 Å². The van der Waals surface area contributed by atoms with Crippen LogP contribution in [0, 0.1) is 0 Å². The molecule has 1 aliphatic carbocycles. The van der Waals surface area contributed by atoms with Crippen LogP contribution in [0.1, 0.15) is 49.8 Å². The van der Waals surface area contributed by atoms with Crippen molar-refractivity contribution in [2.45, 2.75) is 50.6 Å². The lowest BCUT2D eigenvalue weighted by atomic mass is 9.87. The monoisotopic (exact) mass is 388 g/mol. The summed E-state index contributed by atoms with van der Waals surface area (Å²) in [4.78, 5) is 11.6. The van der Waals surface area contributed by atoms with Gasteiger partial charge in [-0.2, -0.15) is 0 Å². The number of ether oxygens (including phenoxy) is 1. The van der Waals surface area contributed by atoms with Crippen LogP contribution in [-0.2, 0) is 12.1 Å². The second-order valence-corrected chi connectivity index (χ2v) is 7.39. The summed E-state index contributed by atoms with van der Waals surface area (Å²) in [5.41, 5.74) is 2.31. The van der Waals surface area contributed by atoms with Crippen LogP contribution >= 0.6 is 12.4 Å². The lowest BCUT2D eigenvalue weighted by molar-refractivity contribution is 0.315. The first-order valence-electron chi connectivity index (χ1n) is 9.76. The average molecular weight is 389 g/mol. The van der Waals surface area contributed by atoms with Crippen molar-refractivity contribution in [3.8, 4) is 5.75 Å². The third kappa shape index (κ3) is 4.19. The van der Waals surface area contributed by atoms with Crippen molar-refractivity contribution in [1.82, 2.24) is 15.3 Å². The summed E-state index contributed by atoms with van der Waals surface area (Å²) in [5, 5.41) is 3.83. The fourth-order valence-corrected chi connectivity index (χ4v) is 4.37. The lowest BCUT2D eigenvalue weighted by Gasteiger charge is -2.32. The molecule has 1 aromatic carbocycles. The topological polar surface area (TPSA) is 50.3 Å².